The molecule has 0 spiro atoms. The molecule has 0 atom stereocenters. The maximum Gasteiger partial charge on any atom is 0.141 e. The van der Waals surface area contributed by atoms with E-state index in [4.69, 9.17) is 4.74 Å². The minimum Gasteiger partial charge on any atom is -0.488 e. The molecule has 0 radical (unpaired) electrons. The fourth-order valence-corrected chi connectivity index (χ4v) is 2.32. The standard InChI is InChI=1S/C16H13BrN2O/c17-13-6-7-15(14(10-13)16-18-8-9-19-16)20-11-12-4-2-1-3-5-12/h1-10H,11H2,(H,18,19). The van der Waals surface area contributed by atoms with Gasteiger partial charge in [-0.05, 0) is 23.8 Å². The van der Waals surface area contributed by atoms with Crippen LogP contribution in [0.2, 0.25) is 0 Å². The van der Waals surface area contributed by atoms with Gasteiger partial charge in [0.15, 0.2) is 0 Å². The first-order chi connectivity index (χ1) is 9.83. The number of aromatic amines is 1. The molecule has 1 heterocycles. The molecule has 3 nitrogen and oxygen atoms in total. The molecule has 0 aliphatic heterocycles. The summed E-state index contributed by atoms with van der Waals surface area (Å²) >= 11 is 3.48. The predicted octanol–water partition coefficient (Wildman–Crippen LogP) is 4.42. The van der Waals surface area contributed by atoms with Crippen molar-refractivity contribution in [3.63, 3.8) is 0 Å². The predicted molar refractivity (Wildman–Crippen MR) is 82.5 cm³/mol. The van der Waals surface area contributed by atoms with Gasteiger partial charge >= 0.3 is 0 Å². The molecule has 3 aromatic rings. The number of rotatable bonds is 4. The highest BCUT2D eigenvalue weighted by Gasteiger charge is 2.09. The van der Waals surface area contributed by atoms with E-state index in [1.807, 2.05) is 48.5 Å². The fraction of sp³-hybridized carbons (Fsp3) is 0.0625. The average molecular weight is 329 g/mol. The molecule has 0 unspecified atom stereocenters. The van der Waals surface area contributed by atoms with Crippen LogP contribution in [0.3, 0.4) is 0 Å². The van der Waals surface area contributed by atoms with Crippen LogP contribution in [0, 0.1) is 0 Å². The highest BCUT2D eigenvalue weighted by Crippen LogP contribution is 2.31. The molecular weight excluding hydrogens is 316 g/mol. The van der Waals surface area contributed by atoms with Gasteiger partial charge in [0.2, 0.25) is 0 Å². The summed E-state index contributed by atoms with van der Waals surface area (Å²) in [7, 11) is 0. The second kappa shape index (κ2) is 5.92. The van der Waals surface area contributed by atoms with E-state index >= 15 is 0 Å². The first-order valence-corrected chi connectivity index (χ1v) is 7.08. The van der Waals surface area contributed by atoms with Crippen molar-refractivity contribution in [2.75, 3.05) is 0 Å². The number of aromatic nitrogens is 2. The highest BCUT2D eigenvalue weighted by atomic mass is 79.9. The zero-order chi connectivity index (χ0) is 13.8. The van der Waals surface area contributed by atoms with Crippen molar-refractivity contribution < 1.29 is 4.74 Å². The zero-order valence-corrected chi connectivity index (χ0v) is 12.3. The lowest BCUT2D eigenvalue weighted by atomic mass is 10.2. The number of ether oxygens (including phenoxy) is 1. The normalized spacial score (nSPS) is 10.4. The van der Waals surface area contributed by atoms with Crippen LogP contribution in [0.15, 0.2) is 65.4 Å². The molecule has 0 fully saturated rings. The van der Waals surface area contributed by atoms with Crippen LogP contribution in [-0.2, 0) is 6.61 Å². The first kappa shape index (κ1) is 12.9. The Balaban J connectivity index is 1.86. The lowest BCUT2D eigenvalue weighted by molar-refractivity contribution is 0.307. The van der Waals surface area contributed by atoms with E-state index in [2.05, 4.69) is 25.9 Å². The Morgan fingerprint density at radius 3 is 2.70 bits per heavy atom. The second-order valence-electron chi connectivity index (χ2n) is 4.35. The van der Waals surface area contributed by atoms with E-state index in [-0.39, 0.29) is 0 Å². The summed E-state index contributed by atoms with van der Waals surface area (Å²) in [6.07, 6.45) is 3.54. The average Bonchev–Trinajstić information content (AvgIpc) is 3.01. The van der Waals surface area contributed by atoms with Crippen molar-refractivity contribution in [3.05, 3.63) is 71.0 Å². The Bertz CT molecular complexity index is 681. The number of hydrogen-bond acceptors (Lipinski definition) is 2. The van der Waals surface area contributed by atoms with E-state index in [0.717, 1.165) is 27.2 Å². The quantitative estimate of drug-likeness (QED) is 0.769. The van der Waals surface area contributed by atoms with Gasteiger partial charge in [0.05, 0.1) is 5.56 Å². The van der Waals surface area contributed by atoms with Crippen molar-refractivity contribution in [2.24, 2.45) is 0 Å². The zero-order valence-electron chi connectivity index (χ0n) is 10.7. The number of nitrogens with zero attached hydrogens (tertiary/aromatic N) is 1. The Morgan fingerprint density at radius 1 is 1.10 bits per heavy atom. The maximum absolute atomic E-state index is 5.92. The van der Waals surface area contributed by atoms with E-state index in [9.17, 15) is 0 Å². The lowest BCUT2D eigenvalue weighted by Crippen LogP contribution is -1.97. The number of hydrogen-bond donors (Lipinski definition) is 1. The van der Waals surface area contributed by atoms with Gasteiger partial charge in [-0.1, -0.05) is 46.3 Å². The number of imidazole rings is 1. The molecule has 0 aliphatic rings. The van der Waals surface area contributed by atoms with Crippen molar-refractivity contribution in [2.45, 2.75) is 6.61 Å². The van der Waals surface area contributed by atoms with Gasteiger partial charge in [-0.15, -0.1) is 0 Å². The Labute approximate surface area is 125 Å². The molecule has 3 rings (SSSR count). The molecule has 4 heteroatoms. The number of H-pyrrole nitrogens is 1. The molecule has 0 saturated carbocycles. The molecule has 100 valence electrons. The second-order valence-corrected chi connectivity index (χ2v) is 5.27. The highest BCUT2D eigenvalue weighted by molar-refractivity contribution is 9.10. The van der Waals surface area contributed by atoms with Crippen molar-refractivity contribution >= 4 is 15.9 Å². The van der Waals surface area contributed by atoms with E-state index in [1.165, 1.54) is 0 Å². The summed E-state index contributed by atoms with van der Waals surface area (Å²) < 4.78 is 6.92. The van der Waals surface area contributed by atoms with E-state index < -0.39 is 0 Å². The number of benzene rings is 2. The minimum absolute atomic E-state index is 0.538. The van der Waals surface area contributed by atoms with Gasteiger partial charge in [-0.25, -0.2) is 4.98 Å². The molecule has 0 amide bonds. The smallest absolute Gasteiger partial charge is 0.141 e. The Morgan fingerprint density at radius 2 is 1.95 bits per heavy atom. The van der Waals surface area contributed by atoms with Gasteiger partial charge in [-0.2, -0.15) is 0 Å². The Kier molecular flexibility index (Phi) is 3.83. The third-order valence-corrected chi connectivity index (χ3v) is 3.43. The van der Waals surface area contributed by atoms with Crippen LogP contribution in [0.1, 0.15) is 5.56 Å². The van der Waals surface area contributed by atoms with Crippen LogP contribution in [-0.4, -0.2) is 9.97 Å². The molecule has 0 aliphatic carbocycles. The summed E-state index contributed by atoms with van der Waals surface area (Å²) in [5, 5.41) is 0. The topological polar surface area (TPSA) is 37.9 Å². The summed E-state index contributed by atoms with van der Waals surface area (Å²) in [4.78, 5) is 7.39. The van der Waals surface area contributed by atoms with Gasteiger partial charge in [-0.3, -0.25) is 0 Å². The first-order valence-electron chi connectivity index (χ1n) is 6.29. The largest absolute Gasteiger partial charge is 0.488 e. The van der Waals surface area contributed by atoms with Crippen LogP contribution in [0.5, 0.6) is 5.75 Å². The molecule has 20 heavy (non-hydrogen) atoms. The maximum atomic E-state index is 5.92. The van der Waals surface area contributed by atoms with Crippen LogP contribution in [0.25, 0.3) is 11.4 Å². The van der Waals surface area contributed by atoms with Gasteiger partial charge in [0.25, 0.3) is 0 Å². The monoisotopic (exact) mass is 328 g/mol. The van der Waals surface area contributed by atoms with Crippen molar-refractivity contribution in [1.82, 2.24) is 9.97 Å². The van der Waals surface area contributed by atoms with E-state index in [0.29, 0.717) is 6.61 Å². The molecule has 1 N–H and O–H groups in total. The van der Waals surface area contributed by atoms with Crippen LogP contribution >= 0.6 is 15.9 Å². The van der Waals surface area contributed by atoms with Gasteiger partial charge in [0, 0.05) is 16.9 Å². The number of halogens is 1. The summed E-state index contributed by atoms with van der Waals surface area (Å²) in [6.45, 7) is 0.538. The van der Waals surface area contributed by atoms with Crippen LogP contribution < -0.4 is 4.74 Å². The Hall–Kier alpha value is -2.07. The number of nitrogens with one attached hydrogen (secondary N) is 1. The van der Waals surface area contributed by atoms with Crippen molar-refractivity contribution in [3.8, 4) is 17.1 Å². The summed E-state index contributed by atoms with van der Waals surface area (Å²) in [5.41, 5.74) is 2.08. The van der Waals surface area contributed by atoms with E-state index in [1.54, 1.807) is 12.4 Å². The summed E-state index contributed by atoms with van der Waals surface area (Å²) in [5.74, 6) is 1.61. The third-order valence-electron chi connectivity index (χ3n) is 2.93. The van der Waals surface area contributed by atoms with Crippen LogP contribution in [0.4, 0.5) is 0 Å². The van der Waals surface area contributed by atoms with Gasteiger partial charge < -0.3 is 9.72 Å². The molecule has 0 bridgehead atoms. The third kappa shape index (κ3) is 2.91. The molecular formula is C16H13BrN2O. The van der Waals surface area contributed by atoms with Gasteiger partial charge in [0.1, 0.15) is 18.2 Å². The molecule has 0 saturated heterocycles. The molecule has 1 aromatic heterocycles. The molecule has 2 aromatic carbocycles. The fourth-order valence-electron chi connectivity index (χ4n) is 1.96. The summed E-state index contributed by atoms with van der Waals surface area (Å²) in [6, 6.07) is 16.0. The minimum atomic E-state index is 0.538. The van der Waals surface area contributed by atoms with Crippen molar-refractivity contribution in [1.29, 1.82) is 0 Å². The SMILES string of the molecule is Brc1ccc(OCc2ccccc2)c(-c2ncc[nH]2)c1. The lowest BCUT2D eigenvalue weighted by Gasteiger charge is -2.10.